The zero-order valence-corrected chi connectivity index (χ0v) is 15.1. The maximum atomic E-state index is 12.8. The molecule has 2 saturated heterocycles. The van der Waals surface area contributed by atoms with E-state index in [1.165, 1.54) is 12.3 Å². The lowest BCUT2D eigenvalue weighted by atomic mass is 9.94. The van der Waals surface area contributed by atoms with E-state index < -0.39 is 0 Å². The van der Waals surface area contributed by atoms with Crippen molar-refractivity contribution in [2.45, 2.75) is 18.8 Å². The predicted molar refractivity (Wildman–Crippen MR) is 98.8 cm³/mol. The van der Waals surface area contributed by atoms with Crippen molar-refractivity contribution in [3.63, 3.8) is 0 Å². The lowest BCUT2D eigenvalue weighted by Crippen LogP contribution is -2.40. The minimum absolute atomic E-state index is 0.0822. The first-order valence-electron chi connectivity index (χ1n) is 9.30. The van der Waals surface area contributed by atoms with E-state index >= 15 is 0 Å². The van der Waals surface area contributed by atoms with Crippen LogP contribution in [0.5, 0.6) is 5.75 Å². The number of carbonyl (C=O) groups excluding carboxylic acids is 1. The Hall–Kier alpha value is -2.74. The molecule has 0 saturated carbocycles. The maximum Gasteiger partial charge on any atom is 0.276 e. The number of anilines is 1. The molecule has 1 atom stereocenters. The van der Waals surface area contributed by atoms with E-state index in [1.54, 1.807) is 17.3 Å². The van der Waals surface area contributed by atoms with Gasteiger partial charge in [0, 0.05) is 44.4 Å². The van der Waals surface area contributed by atoms with Crippen molar-refractivity contribution in [3.8, 4) is 5.75 Å². The number of hydrogen-bond donors (Lipinski definition) is 1. The summed E-state index contributed by atoms with van der Waals surface area (Å²) in [6.07, 6.45) is 4.98. The van der Waals surface area contributed by atoms with Gasteiger partial charge in [0.05, 0.1) is 18.9 Å². The van der Waals surface area contributed by atoms with Gasteiger partial charge in [-0.15, -0.1) is 0 Å². The summed E-state index contributed by atoms with van der Waals surface area (Å²) in [4.78, 5) is 29.6. The van der Waals surface area contributed by atoms with Gasteiger partial charge in [0.25, 0.3) is 5.91 Å². The Labute approximate surface area is 157 Å². The van der Waals surface area contributed by atoms with Crippen LogP contribution in [0.1, 0.15) is 34.9 Å². The van der Waals surface area contributed by atoms with Gasteiger partial charge in [-0.3, -0.25) is 4.79 Å². The number of carbonyl (C=O) groups is 1. The minimum Gasteiger partial charge on any atom is -0.505 e. The van der Waals surface area contributed by atoms with Gasteiger partial charge in [0.1, 0.15) is 17.9 Å². The summed E-state index contributed by atoms with van der Waals surface area (Å²) in [7, 11) is 0. The second-order valence-electron chi connectivity index (χ2n) is 6.86. The van der Waals surface area contributed by atoms with Gasteiger partial charge in [-0.05, 0) is 25.0 Å². The zero-order chi connectivity index (χ0) is 18.6. The quantitative estimate of drug-likeness (QED) is 0.875. The zero-order valence-electron chi connectivity index (χ0n) is 15.1. The number of pyridine rings is 1. The number of piperidine rings is 1. The topological polar surface area (TPSA) is 91.7 Å². The summed E-state index contributed by atoms with van der Waals surface area (Å²) >= 11 is 0. The molecule has 2 aliphatic heterocycles. The van der Waals surface area contributed by atoms with Crippen LogP contribution >= 0.6 is 0 Å². The van der Waals surface area contributed by atoms with Crippen LogP contribution in [0.4, 0.5) is 5.82 Å². The Morgan fingerprint density at radius 1 is 1.19 bits per heavy atom. The molecule has 2 aliphatic rings. The first kappa shape index (κ1) is 17.7. The summed E-state index contributed by atoms with van der Waals surface area (Å²) in [5.74, 6) is 0.743. The molecule has 4 rings (SSSR count). The third-order valence-electron chi connectivity index (χ3n) is 5.12. The van der Waals surface area contributed by atoms with E-state index in [1.807, 2.05) is 6.07 Å². The first-order valence-corrected chi connectivity index (χ1v) is 9.30. The second kappa shape index (κ2) is 7.87. The molecule has 142 valence electrons. The average molecular weight is 369 g/mol. The molecule has 1 N–H and O–H groups in total. The number of morpholine rings is 1. The molecule has 2 aromatic heterocycles. The molecule has 0 aliphatic carbocycles. The summed E-state index contributed by atoms with van der Waals surface area (Å²) in [5.41, 5.74) is 1.06. The minimum atomic E-state index is -0.236. The van der Waals surface area contributed by atoms with Crippen LogP contribution in [0.25, 0.3) is 0 Å². The smallest absolute Gasteiger partial charge is 0.276 e. The van der Waals surface area contributed by atoms with Crippen molar-refractivity contribution in [1.29, 1.82) is 0 Å². The van der Waals surface area contributed by atoms with Crippen molar-refractivity contribution in [1.82, 2.24) is 19.9 Å². The van der Waals surface area contributed by atoms with Crippen LogP contribution in [-0.4, -0.2) is 70.3 Å². The highest BCUT2D eigenvalue weighted by Gasteiger charge is 2.28. The van der Waals surface area contributed by atoms with Crippen molar-refractivity contribution < 1.29 is 14.6 Å². The van der Waals surface area contributed by atoms with Gasteiger partial charge in [-0.1, -0.05) is 0 Å². The Bertz CT molecular complexity index is 809. The highest BCUT2D eigenvalue weighted by atomic mass is 16.5. The van der Waals surface area contributed by atoms with Crippen LogP contribution in [0.15, 0.2) is 30.7 Å². The molecule has 8 heteroatoms. The molecule has 4 heterocycles. The van der Waals surface area contributed by atoms with E-state index in [0.717, 1.165) is 37.4 Å². The number of ether oxygens (including phenoxy) is 1. The fraction of sp³-hybridized carbons (Fsp3) is 0.474. The fourth-order valence-corrected chi connectivity index (χ4v) is 3.66. The monoisotopic (exact) mass is 369 g/mol. The van der Waals surface area contributed by atoms with Crippen LogP contribution < -0.4 is 4.90 Å². The van der Waals surface area contributed by atoms with Gasteiger partial charge < -0.3 is 19.6 Å². The number of rotatable bonds is 3. The van der Waals surface area contributed by atoms with Gasteiger partial charge in [-0.2, -0.15) is 0 Å². The van der Waals surface area contributed by atoms with Crippen LogP contribution in [-0.2, 0) is 4.74 Å². The Morgan fingerprint density at radius 2 is 2.04 bits per heavy atom. The summed E-state index contributed by atoms with van der Waals surface area (Å²) < 4.78 is 5.40. The highest BCUT2D eigenvalue weighted by Crippen LogP contribution is 2.29. The number of nitrogens with zero attached hydrogens (tertiary/aromatic N) is 5. The Kier molecular flexibility index (Phi) is 5.15. The van der Waals surface area contributed by atoms with Gasteiger partial charge in [0.2, 0.25) is 0 Å². The van der Waals surface area contributed by atoms with E-state index in [2.05, 4.69) is 19.9 Å². The third-order valence-corrected chi connectivity index (χ3v) is 5.12. The van der Waals surface area contributed by atoms with Crippen molar-refractivity contribution >= 4 is 11.7 Å². The molecule has 2 fully saturated rings. The van der Waals surface area contributed by atoms with E-state index in [0.29, 0.717) is 26.3 Å². The lowest BCUT2D eigenvalue weighted by molar-refractivity contribution is 0.0696. The molecule has 0 bridgehead atoms. The number of likely N-dealkylation sites (tertiary alicyclic amines) is 1. The van der Waals surface area contributed by atoms with Crippen LogP contribution in [0, 0.1) is 0 Å². The lowest BCUT2D eigenvalue weighted by Gasteiger charge is -2.33. The Morgan fingerprint density at radius 3 is 2.85 bits per heavy atom. The third kappa shape index (κ3) is 3.85. The molecule has 0 radical (unpaired) electrons. The van der Waals surface area contributed by atoms with Gasteiger partial charge in [0.15, 0.2) is 5.69 Å². The van der Waals surface area contributed by atoms with Crippen molar-refractivity contribution in [3.05, 3.63) is 42.1 Å². The number of amides is 1. The summed E-state index contributed by atoms with van der Waals surface area (Å²) in [6.45, 7) is 4.29. The molecular weight excluding hydrogens is 346 g/mol. The first-order chi connectivity index (χ1) is 13.2. The van der Waals surface area contributed by atoms with Gasteiger partial charge in [-0.25, -0.2) is 15.0 Å². The molecule has 1 unspecified atom stereocenters. The molecule has 0 spiro atoms. The standard InChI is InChI=1S/C19H23N5O3/c25-16-4-1-5-20-18(16)19(26)24-6-2-3-14(12-24)15-11-17(22-13-21-15)23-7-9-27-10-8-23/h1,4-5,11,13-14,25H,2-3,6-10,12H2. The average Bonchev–Trinajstić information content (AvgIpc) is 2.74. The number of hydrogen-bond acceptors (Lipinski definition) is 7. The van der Waals surface area contributed by atoms with Crippen LogP contribution in [0.2, 0.25) is 0 Å². The molecule has 8 nitrogen and oxygen atoms in total. The molecule has 27 heavy (non-hydrogen) atoms. The SMILES string of the molecule is O=C(c1ncccc1O)N1CCCC(c2cc(N3CCOCC3)ncn2)C1. The van der Waals surface area contributed by atoms with Gasteiger partial charge >= 0.3 is 0 Å². The predicted octanol–water partition coefficient (Wildman–Crippen LogP) is 1.43. The highest BCUT2D eigenvalue weighted by molar-refractivity contribution is 5.94. The van der Waals surface area contributed by atoms with E-state index in [4.69, 9.17) is 4.74 Å². The summed E-state index contributed by atoms with van der Waals surface area (Å²) in [6, 6.07) is 5.13. The molecule has 1 amide bonds. The molecular formula is C19H23N5O3. The normalized spacial score (nSPS) is 20.5. The van der Waals surface area contributed by atoms with Crippen molar-refractivity contribution in [2.24, 2.45) is 0 Å². The number of aromatic hydroxyl groups is 1. The van der Waals surface area contributed by atoms with E-state index in [-0.39, 0.29) is 23.3 Å². The fourth-order valence-electron chi connectivity index (χ4n) is 3.66. The van der Waals surface area contributed by atoms with Crippen molar-refractivity contribution in [2.75, 3.05) is 44.3 Å². The molecule has 2 aromatic rings. The second-order valence-corrected chi connectivity index (χ2v) is 6.86. The molecule has 0 aromatic carbocycles. The maximum absolute atomic E-state index is 12.8. The largest absolute Gasteiger partial charge is 0.505 e. The number of aromatic nitrogens is 3. The summed E-state index contributed by atoms with van der Waals surface area (Å²) in [5, 5.41) is 9.93. The Balaban J connectivity index is 1.50. The van der Waals surface area contributed by atoms with E-state index in [9.17, 15) is 9.90 Å². The van der Waals surface area contributed by atoms with Crippen LogP contribution in [0.3, 0.4) is 0 Å².